The lowest BCUT2D eigenvalue weighted by Gasteiger charge is -1.96. The van der Waals surface area contributed by atoms with E-state index in [9.17, 15) is 4.79 Å². The molecule has 4 N–H and O–H groups in total. The number of carbonyl (C=O) groups excluding carboxylic acids is 1. The Kier molecular flexibility index (Phi) is 3.02. The zero-order valence-electron chi connectivity index (χ0n) is 7.26. The Labute approximate surface area is 80.3 Å². The number of nitrogen functional groups attached to an aromatic ring is 1. The van der Waals surface area contributed by atoms with E-state index in [0.29, 0.717) is 12.1 Å². The van der Waals surface area contributed by atoms with Gasteiger partial charge in [0.1, 0.15) is 5.84 Å². The van der Waals surface area contributed by atoms with E-state index in [0.717, 1.165) is 4.88 Å². The molecule has 0 radical (unpaired) electrons. The number of nitrogens with two attached hydrogens (primary N) is 1. The summed E-state index contributed by atoms with van der Waals surface area (Å²) in [5.74, 6) is 0.00287. The average molecular weight is 197 g/mol. The first kappa shape index (κ1) is 9.73. The maximum absolute atomic E-state index is 10.6. The zero-order valence-corrected chi connectivity index (χ0v) is 8.07. The lowest BCUT2D eigenvalue weighted by Crippen LogP contribution is -2.18. The molecule has 1 aromatic rings. The van der Waals surface area contributed by atoms with Crippen molar-refractivity contribution in [1.29, 1.82) is 5.41 Å². The van der Waals surface area contributed by atoms with Crippen LogP contribution in [0.1, 0.15) is 17.4 Å². The van der Waals surface area contributed by atoms with Crippen molar-refractivity contribution in [1.82, 2.24) is 5.32 Å². The third-order valence-corrected chi connectivity index (χ3v) is 2.41. The van der Waals surface area contributed by atoms with Gasteiger partial charge in [0.25, 0.3) is 0 Å². The number of hydrogen-bond acceptors (Lipinski definition) is 3. The average Bonchev–Trinajstić information content (AvgIpc) is 2.48. The van der Waals surface area contributed by atoms with Gasteiger partial charge in [-0.05, 0) is 6.07 Å². The first-order valence-corrected chi connectivity index (χ1v) is 4.64. The third kappa shape index (κ3) is 2.87. The van der Waals surface area contributed by atoms with Crippen molar-refractivity contribution in [2.75, 3.05) is 0 Å². The van der Waals surface area contributed by atoms with Crippen molar-refractivity contribution in [2.24, 2.45) is 5.73 Å². The van der Waals surface area contributed by atoms with Crippen LogP contribution >= 0.6 is 11.3 Å². The Morgan fingerprint density at radius 1 is 1.77 bits per heavy atom. The van der Waals surface area contributed by atoms with E-state index < -0.39 is 0 Å². The van der Waals surface area contributed by atoms with Crippen molar-refractivity contribution >= 4 is 23.1 Å². The predicted octanol–water partition coefficient (Wildman–Crippen LogP) is 0.668. The number of rotatable bonds is 3. The molecule has 0 aromatic carbocycles. The lowest BCUT2D eigenvalue weighted by atomic mass is 10.3. The number of carbonyl (C=O) groups is 1. The first-order chi connectivity index (χ1) is 6.09. The highest BCUT2D eigenvalue weighted by molar-refractivity contribution is 7.10. The smallest absolute Gasteiger partial charge is 0.217 e. The number of thiophene rings is 1. The highest BCUT2D eigenvalue weighted by atomic mass is 32.1. The van der Waals surface area contributed by atoms with Gasteiger partial charge in [-0.3, -0.25) is 10.2 Å². The molecule has 0 bridgehead atoms. The molecule has 5 heteroatoms. The van der Waals surface area contributed by atoms with Crippen LogP contribution in [0.25, 0.3) is 0 Å². The van der Waals surface area contributed by atoms with Crippen LogP contribution in [-0.2, 0) is 11.3 Å². The highest BCUT2D eigenvalue weighted by Gasteiger charge is 2.01. The van der Waals surface area contributed by atoms with E-state index in [4.69, 9.17) is 11.1 Å². The molecule has 1 aromatic heterocycles. The summed E-state index contributed by atoms with van der Waals surface area (Å²) >= 11 is 1.48. The second-order valence-corrected chi connectivity index (χ2v) is 3.62. The van der Waals surface area contributed by atoms with Crippen LogP contribution in [-0.4, -0.2) is 11.7 Å². The minimum atomic E-state index is -0.0576. The summed E-state index contributed by atoms with van der Waals surface area (Å²) in [6.45, 7) is 1.98. The summed E-state index contributed by atoms with van der Waals surface area (Å²) in [5, 5.41) is 11.6. The quantitative estimate of drug-likeness (QED) is 0.492. The topological polar surface area (TPSA) is 79.0 Å². The maximum atomic E-state index is 10.6. The molecular formula is C8H11N3OS. The Morgan fingerprint density at radius 3 is 2.92 bits per heavy atom. The highest BCUT2D eigenvalue weighted by Crippen LogP contribution is 2.13. The molecule has 4 nitrogen and oxygen atoms in total. The monoisotopic (exact) mass is 197 g/mol. The molecule has 1 rings (SSSR count). The molecule has 1 heterocycles. The second kappa shape index (κ2) is 4.04. The molecule has 1 amide bonds. The van der Waals surface area contributed by atoms with Gasteiger partial charge in [-0.25, -0.2) is 0 Å². The molecule has 0 saturated heterocycles. The number of amides is 1. The van der Waals surface area contributed by atoms with Crippen molar-refractivity contribution < 1.29 is 4.79 Å². The van der Waals surface area contributed by atoms with Crippen molar-refractivity contribution in [3.63, 3.8) is 0 Å². The van der Waals surface area contributed by atoms with Gasteiger partial charge in [-0.15, -0.1) is 11.3 Å². The summed E-state index contributed by atoms with van der Waals surface area (Å²) in [5.41, 5.74) is 6.00. The molecule has 0 atom stereocenters. The summed E-state index contributed by atoms with van der Waals surface area (Å²) < 4.78 is 0. The fourth-order valence-corrected chi connectivity index (χ4v) is 1.65. The largest absolute Gasteiger partial charge is 0.384 e. The van der Waals surface area contributed by atoms with E-state index in [-0.39, 0.29) is 11.7 Å². The molecule has 70 valence electrons. The summed E-state index contributed by atoms with van der Waals surface area (Å²) in [7, 11) is 0. The minimum absolute atomic E-state index is 0.0576. The fourth-order valence-electron chi connectivity index (χ4n) is 0.826. The first-order valence-electron chi connectivity index (χ1n) is 3.76. The number of amidine groups is 1. The molecular weight excluding hydrogens is 186 g/mol. The van der Waals surface area contributed by atoms with Gasteiger partial charge in [0.2, 0.25) is 5.91 Å². The van der Waals surface area contributed by atoms with E-state index in [1.165, 1.54) is 18.3 Å². The molecule has 0 fully saturated rings. The normalized spacial score (nSPS) is 9.62. The van der Waals surface area contributed by atoms with E-state index in [2.05, 4.69) is 5.32 Å². The molecule has 0 saturated carbocycles. The van der Waals surface area contributed by atoms with Gasteiger partial charge in [-0.2, -0.15) is 0 Å². The van der Waals surface area contributed by atoms with Crippen LogP contribution in [0.3, 0.4) is 0 Å². The minimum Gasteiger partial charge on any atom is -0.384 e. The Bertz CT molecular complexity index is 332. The zero-order chi connectivity index (χ0) is 9.84. The van der Waals surface area contributed by atoms with Gasteiger partial charge in [0, 0.05) is 22.7 Å². The van der Waals surface area contributed by atoms with Crippen LogP contribution in [0.5, 0.6) is 0 Å². The van der Waals surface area contributed by atoms with Gasteiger partial charge in [0.15, 0.2) is 0 Å². The second-order valence-electron chi connectivity index (χ2n) is 2.63. The van der Waals surface area contributed by atoms with Crippen LogP contribution in [0.4, 0.5) is 0 Å². The van der Waals surface area contributed by atoms with Gasteiger partial charge in [0.05, 0.1) is 6.54 Å². The van der Waals surface area contributed by atoms with Crippen molar-refractivity contribution in [3.05, 3.63) is 21.9 Å². The molecule has 0 aliphatic rings. The standard InChI is InChI=1S/C8H11N3OS/c1-5(12)11-3-7-2-6(4-13-7)8(9)10/h2,4H,3H2,1H3,(H3,9,10)(H,11,12). The Morgan fingerprint density at radius 2 is 2.46 bits per heavy atom. The van der Waals surface area contributed by atoms with E-state index in [1.54, 1.807) is 5.38 Å². The lowest BCUT2D eigenvalue weighted by molar-refractivity contribution is -0.119. The molecule has 0 spiro atoms. The van der Waals surface area contributed by atoms with Crippen LogP contribution in [0, 0.1) is 5.41 Å². The Balaban J connectivity index is 2.59. The molecule has 0 aliphatic heterocycles. The van der Waals surface area contributed by atoms with E-state index in [1.807, 2.05) is 6.07 Å². The molecule has 0 unspecified atom stereocenters. The fraction of sp³-hybridized carbons (Fsp3) is 0.250. The van der Waals surface area contributed by atoms with Gasteiger partial charge >= 0.3 is 0 Å². The van der Waals surface area contributed by atoms with Gasteiger partial charge in [-0.1, -0.05) is 0 Å². The predicted molar refractivity (Wildman–Crippen MR) is 52.9 cm³/mol. The summed E-state index contributed by atoms with van der Waals surface area (Å²) in [6, 6.07) is 1.81. The van der Waals surface area contributed by atoms with Gasteiger partial charge < -0.3 is 11.1 Å². The Hall–Kier alpha value is -1.36. The molecule has 13 heavy (non-hydrogen) atoms. The van der Waals surface area contributed by atoms with Crippen molar-refractivity contribution in [2.45, 2.75) is 13.5 Å². The number of hydrogen-bond donors (Lipinski definition) is 3. The molecule has 0 aliphatic carbocycles. The van der Waals surface area contributed by atoms with Crippen molar-refractivity contribution in [3.8, 4) is 0 Å². The van der Waals surface area contributed by atoms with Crippen LogP contribution in [0.15, 0.2) is 11.4 Å². The van der Waals surface area contributed by atoms with Crippen LogP contribution < -0.4 is 11.1 Å². The number of nitrogens with one attached hydrogen (secondary N) is 2. The summed E-state index contributed by atoms with van der Waals surface area (Å²) in [6.07, 6.45) is 0. The maximum Gasteiger partial charge on any atom is 0.217 e. The summed E-state index contributed by atoms with van der Waals surface area (Å²) in [4.78, 5) is 11.6. The third-order valence-electron chi connectivity index (χ3n) is 1.48. The van der Waals surface area contributed by atoms with E-state index >= 15 is 0 Å². The van der Waals surface area contributed by atoms with Crippen LogP contribution in [0.2, 0.25) is 0 Å². The SMILES string of the molecule is CC(=O)NCc1cc(C(=N)N)cs1.